The summed E-state index contributed by atoms with van der Waals surface area (Å²) in [6, 6.07) is 9.90. The summed E-state index contributed by atoms with van der Waals surface area (Å²) in [5.41, 5.74) is 2.12. The average molecular weight is 352 g/mol. The van der Waals surface area contributed by atoms with Crippen LogP contribution in [-0.4, -0.2) is 13.0 Å². The van der Waals surface area contributed by atoms with Gasteiger partial charge in [-0.3, -0.25) is 4.79 Å². The highest BCUT2D eigenvalue weighted by Gasteiger charge is 2.12. The fourth-order valence-corrected chi connectivity index (χ4v) is 2.50. The molecule has 0 unspecified atom stereocenters. The number of carbonyl (C=O) groups is 1. The lowest BCUT2D eigenvalue weighted by Gasteiger charge is -2.10. The molecule has 0 saturated carbocycles. The molecule has 0 atom stereocenters. The number of hydrogen-bond donors (Lipinski definition) is 1. The molecule has 0 radical (unpaired) electrons. The maximum atomic E-state index is 13.3. The Hall–Kier alpha value is -1.88. The normalized spacial score (nSPS) is 10.3. The second kappa shape index (κ2) is 6.72. The van der Waals surface area contributed by atoms with Gasteiger partial charge in [-0.25, -0.2) is 4.39 Å². The van der Waals surface area contributed by atoms with Gasteiger partial charge >= 0.3 is 0 Å². The Balaban J connectivity index is 2.13. The van der Waals surface area contributed by atoms with Crippen molar-refractivity contribution < 1.29 is 13.9 Å². The first-order valence-corrected chi connectivity index (χ1v) is 7.16. The molecule has 3 nitrogen and oxygen atoms in total. The van der Waals surface area contributed by atoms with Crippen LogP contribution >= 0.6 is 15.9 Å². The van der Waals surface area contributed by atoms with Gasteiger partial charge in [-0.1, -0.05) is 27.6 Å². The second-order valence-corrected chi connectivity index (χ2v) is 5.58. The second-order valence-electron chi connectivity index (χ2n) is 4.66. The molecule has 0 saturated heterocycles. The zero-order valence-electron chi connectivity index (χ0n) is 11.7. The zero-order chi connectivity index (χ0) is 15.4. The number of hydrogen-bond acceptors (Lipinski definition) is 2. The van der Waals surface area contributed by atoms with Gasteiger partial charge in [0.15, 0.2) is 0 Å². The summed E-state index contributed by atoms with van der Waals surface area (Å²) < 4.78 is 19.1. The standard InChI is InChI=1S/C16H15BrFNO2/c1-10-3-4-15(21-2)14(5-10)16(20)19-9-11-6-12(17)8-13(18)7-11/h3-8H,9H2,1-2H3,(H,19,20). The quantitative estimate of drug-likeness (QED) is 0.908. The summed E-state index contributed by atoms with van der Waals surface area (Å²) in [6.07, 6.45) is 0. The van der Waals surface area contributed by atoms with Gasteiger partial charge in [0.2, 0.25) is 0 Å². The molecule has 0 bridgehead atoms. The van der Waals surface area contributed by atoms with Crippen molar-refractivity contribution in [1.82, 2.24) is 5.32 Å². The monoisotopic (exact) mass is 351 g/mol. The first-order chi connectivity index (χ1) is 9.99. The van der Waals surface area contributed by atoms with Gasteiger partial charge in [-0.2, -0.15) is 0 Å². The molecule has 1 N–H and O–H groups in total. The molecule has 0 aliphatic heterocycles. The number of benzene rings is 2. The highest BCUT2D eigenvalue weighted by atomic mass is 79.9. The summed E-state index contributed by atoms with van der Waals surface area (Å²) in [4.78, 5) is 12.2. The van der Waals surface area contributed by atoms with Crippen molar-refractivity contribution in [1.29, 1.82) is 0 Å². The highest BCUT2D eigenvalue weighted by molar-refractivity contribution is 9.10. The van der Waals surface area contributed by atoms with Crippen LogP contribution in [0.15, 0.2) is 40.9 Å². The summed E-state index contributed by atoms with van der Waals surface area (Å²) in [5.74, 6) is -0.0868. The van der Waals surface area contributed by atoms with E-state index in [1.54, 1.807) is 18.2 Å². The fraction of sp³-hybridized carbons (Fsp3) is 0.188. The van der Waals surface area contributed by atoms with Crippen molar-refractivity contribution >= 4 is 21.8 Å². The minimum atomic E-state index is -0.346. The Kier molecular flexibility index (Phi) is 4.96. The summed E-state index contributed by atoms with van der Waals surface area (Å²) in [5, 5.41) is 2.77. The topological polar surface area (TPSA) is 38.3 Å². The lowest BCUT2D eigenvalue weighted by molar-refractivity contribution is 0.0947. The van der Waals surface area contributed by atoms with Crippen molar-refractivity contribution in [3.63, 3.8) is 0 Å². The first-order valence-electron chi connectivity index (χ1n) is 6.37. The van der Waals surface area contributed by atoms with Crippen LogP contribution in [0.25, 0.3) is 0 Å². The third-order valence-electron chi connectivity index (χ3n) is 2.98. The Morgan fingerprint density at radius 3 is 2.71 bits per heavy atom. The van der Waals surface area contributed by atoms with E-state index >= 15 is 0 Å². The Morgan fingerprint density at radius 2 is 2.05 bits per heavy atom. The molecule has 0 heterocycles. The molecule has 0 aromatic heterocycles. The van der Waals surface area contributed by atoms with Crippen LogP contribution in [0.3, 0.4) is 0 Å². The molecule has 0 aliphatic rings. The van der Waals surface area contributed by atoms with Gasteiger partial charge in [-0.15, -0.1) is 0 Å². The lowest BCUT2D eigenvalue weighted by Crippen LogP contribution is -2.23. The van der Waals surface area contributed by atoms with E-state index in [-0.39, 0.29) is 18.3 Å². The van der Waals surface area contributed by atoms with Crippen LogP contribution < -0.4 is 10.1 Å². The smallest absolute Gasteiger partial charge is 0.255 e. The van der Waals surface area contributed by atoms with E-state index in [0.29, 0.717) is 21.3 Å². The molecule has 0 spiro atoms. The van der Waals surface area contributed by atoms with Gasteiger partial charge in [0, 0.05) is 11.0 Å². The largest absolute Gasteiger partial charge is 0.496 e. The first kappa shape index (κ1) is 15.5. The third-order valence-corrected chi connectivity index (χ3v) is 3.43. The number of methoxy groups -OCH3 is 1. The van der Waals surface area contributed by atoms with Crippen LogP contribution in [0.5, 0.6) is 5.75 Å². The van der Waals surface area contributed by atoms with Crippen molar-refractivity contribution in [3.05, 3.63) is 63.4 Å². The SMILES string of the molecule is COc1ccc(C)cc1C(=O)NCc1cc(F)cc(Br)c1. The van der Waals surface area contributed by atoms with Gasteiger partial charge in [0.05, 0.1) is 12.7 Å². The molecule has 0 aliphatic carbocycles. The third kappa shape index (κ3) is 4.04. The minimum absolute atomic E-state index is 0.242. The highest BCUT2D eigenvalue weighted by Crippen LogP contribution is 2.20. The molecule has 110 valence electrons. The van der Waals surface area contributed by atoms with Crippen molar-refractivity contribution in [2.24, 2.45) is 0 Å². The van der Waals surface area contributed by atoms with E-state index in [1.165, 1.54) is 19.2 Å². The number of nitrogens with one attached hydrogen (secondary N) is 1. The Labute approximate surface area is 131 Å². The fourth-order valence-electron chi connectivity index (χ4n) is 1.99. The molecular weight excluding hydrogens is 337 g/mol. The molecule has 0 fully saturated rings. The number of ether oxygens (including phenoxy) is 1. The van der Waals surface area contributed by atoms with Gasteiger partial charge in [-0.05, 0) is 42.8 Å². The van der Waals surface area contributed by atoms with Crippen molar-refractivity contribution in [3.8, 4) is 5.75 Å². The predicted molar refractivity (Wildman–Crippen MR) is 83.0 cm³/mol. The Morgan fingerprint density at radius 1 is 1.29 bits per heavy atom. The van der Waals surface area contributed by atoms with E-state index in [1.807, 2.05) is 13.0 Å². The van der Waals surface area contributed by atoms with Crippen LogP contribution in [0.2, 0.25) is 0 Å². The van der Waals surface area contributed by atoms with Gasteiger partial charge < -0.3 is 10.1 Å². The lowest BCUT2D eigenvalue weighted by atomic mass is 10.1. The van der Waals surface area contributed by atoms with E-state index < -0.39 is 0 Å². The van der Waals surface area contributed by atoms with Crippen LogP contribution in [0, 0.1) is 12.7 Å². The van der Waals surface area contributed by atoms with Gasteiger partial charge in [0.25, 0.3) is 5.91 Å². The maximum Gasteiger partial charge on any atom is 0.255 e. The summed E-state index contributed by atoms with van der Waals surface area (Å²) >= 11 is 3.22. The van der Waals surface area contributed by atoms with E-state index in [4.69, 9.17) is 4.74 Å². The van der Waals surface area contributed by atoms with Gasteiger partial charge in [0.1, 0.15) is 11.6 Å². The van der Waals surface area contributed by atoms with Crippen LogP contribution in [-0.2, 0) is 6.54 Å². The number of rotatable bonds is 4. The van der Waals surface area contributed by atoms with E-state index in [2.05, 4.69) is 21.2 Å². The van der Waals surface area contributed by atoms with Crippen LogP contribution in [0.4, 0.5) is 4.39 Å². The van der Waals surface area contributed by atoms with Crippen molar-refractivity contribution in [2.45, 2.75) is 13.5 Å². The molecule has 5 heteroatoms. The van der Waals surface area contributed by atoms with Crippen molar-refractivity contribution in [2.75, 3.05) is 7.11 Å². The Bertz CT molecular complexity index is 653. The minimum Gasteiger partial charge on any atom is -0.496 e. The van der Waals surface area contributed by atoms with Crippen LogP contribution in [0.1, 0.15) is 21.5 Å². The van der Waals surface area contributed by atoms with E-state index in [9.17, 15) is 9.18 Å². The molecule has 2 aromatic rings. The number of carbonyl (C=O) groups excluding carboxylic acids is 1. The number of aryl methyl sites for hydroxylation is 1. The van der Waals surface area contributed by atoms with E-state index in [0.717, 1.165) is 5.56 Å². The molecular formula is C16H15BrFNO2. The number of halogens is 2. The summed E-state index contributed by atoms with van der Waals surface area (Å²) in [6.45, 7) is 2.15. The summed E-state index contributed by atoms with van der Waals surface area (Å²) in [7, 11) is 1.52. The molecule has 2 aromatic carbocycles. The molecule has 21 heavy (non-hydrogen) atoms. The average Bonchev–Trinajstić information content (AvgIpc) is 2.43. The zero-order valence-corrected chi connectivity index (χ0v) is 13.3. The number of amides is 1. The molecule has 1 amide bonds. The molecule has 2 rings (SSSR count). The predicted octanol–water partition coefficient (Wildman–Crippen LogP) is 3.84. The maximum absolute atomic E-state index is 13.3.